The molecule has 0 aliphatic carbocycles. The summed E-state index contributed by atoms with van der Waals surface area (Å²) >= 11 is 1.30. The number of hydrogen-bond acceptors (Lipinski definition) is 4. The summed E-state index contributed by atoms with van der Waals surface area (Å²) in [6.45, 7) is 1.79. The van der Waals surface area contributed by atoms with Crippen LogP contribution in [0.5, 0.6) is 0 Å². The summed E-state index contributed by atoms with van der Waals surface area (Å²) in [6, 6.07) is 1.75. The van der Waals surface area contributed by atoms with Crippen molar-refractivity contribution in [2.75, 3.05) is 0 Å². The zero-order chi connectivity index (χ0) is 10.1. The van der Waals surface area contributed by atoms with Crippen LogP contribution in [-0.4, -0.2) is 16.1 Å². The van der Waals surface area contributed by atoms with Gasteiger partial charge < -0.3 is 9.52 Å². The number of nitrogens with zero attached hydrogens (tertiary/aromatic N) is 1. The van der Waals surface area contributed by atoms with Crippen molar-refractivity contribution in [2.45, 2.75) is 6.92 Å². The van der Waals surface area contributed by atoms with Crippen molar-refractivity contribution in [1.82, 2.24) is 4.98 Å². The molecule has 0 fully saturated rings. The predicted molar refractivity (Wildman–Crippen MR) is 51.5 cm³/mol. The molecule has 0 saturated carbocycles. The third-order valence-corrected chi connectivity index (χ3v) is 2.73. The van der Waals surface area contributed by atoms with Gasteiger partial charge in [0.15, 0.2) is 5.69 Å². The Hall–Kier alpha value is -1.62. The van der Waals surface area contributed by atoms with Gasteiger partial charge in [0.25, 0.3) is 0 Å². The fourth-order valence-corrected chi connectivity index (χ4v) is 2.06. The van der Waals surface area contributed by atoms with E-state index in [2.05, 4.69) is 4.98 Å². The van der Waals surface area contributed by atoms with Crippen LogP contribution in [0.15, 0.2) is 22.3 Å². The molecule has 0 aromatic carbocycles. The summed E-state index contributed by atoms with van der Waals surface area (Å²) < 4.78 is 5.11. The topological polar surface area (TPSA) is 63.3 Å². The van der Waals surface area contributed by atoms with Crippen molar-refractivity contribution in [3.63, 3.8) is 0 Å². The minimum absolute atomic E-state index is 0.0829. The SMILES string of the molecule is Cc1occc1-c1scnc1C(=O)O. The lowest BCUT2D eigenvalue weighted by Gasteiger charge is -1.95. The number of aryl methyl sites for hydroxylation is 1. The molecule has 0 saturated heterocycles. The van der Waals surface area contributed by atoms with Gasteiger partial charge in [-0.05, 0) is 13.0 Å². The van der Waals surface area contributed by atoms with E-state index in [-0.39, 0.29) is 5.69 Å². The number of aromatic carboxylic acids is 1. The molecule has 0 spiro atoms. The predicted octanol–water partition coefficient (Wildman–Crippen LogP) is 2.41. The number of carbonyl (C=O) groups is 1. The highest BCUT2D eigenvalue weighted by Crippen LogP contribution is 2.30. The van der Waals surface area contributed by atoms with E-state index in [9.17, 15) is 4.79 Å². The second-order valence-corrected chi connectivity index (χ2v) is 3.58. The lowest BCUT2D eigenvalue weighted by molar-refractivity contribution is 0.0692. The van der Waals surface area contributed by atoms with E-state index in [0.717, 1.165) is 5.56 Å². The number of thiazole rings is 1. The molecule has 0 unspecified atom stereocenters. The average Bonchev–Trinajstić information content (AvgIpc) is 2.70. The van der Waals surface area contributed by atoms with Crippen LogP contribution in [0.25, 0.3) is 10.4 Å². The zero-order valence-corrected chi connectivity index (χ0v) is 8.17. The Kier molecular flexibility index (Phi) is 2.09. The highest BCUT2D eigenvalue weighted by molar-refractivity contribution is 7.13. The molecule has 4 nitrogen and oxygen atoms in total. The first-order valence-electron chi connectivity index (χ1n) is 3.91. The highest BCUT2D eigenvalue weighted by atomic mass is 32.1. The van der Waals surface area contributed by atoms with Crippen LogP contribution in [0.3, 0.4) is 0 Å². The maximum Gasteiger partial charge on any atom is 0.356 e. The summed E-state index contributed by atoms with van der Waals surface area (Å²) in [5, 5.41) is 8.86. The molecule has 72 valence electrons. The smallest absolute Gasteiger partial charge is 0.356 e. The average molecular weight is 209 g/mol. The third-order valence-electron chi connectivity index (χ3n) is 1.87. The van der Waals surface area contributed by atoms with E-state index in [1.165, 1.54) is 23.1 Å². The molecule has 0 bridgehead atoms. The molecule has 0 atom stereocenters. The van der Waals surface area contributed by atoms with Gasteiger partial charge in [-0.15, -0.1) is 11.3 Å². The second kappa shape index (κ2) is 3.26. The lowest BCUT2D eigenvalue weighted by Crippen LogP contribution is -1.98. The monoisotopic (exact) mass is 209 g/mol. The van der Waals surface area contributed by atoms with Crippen LogP contribution in [0.4, 0.5) is 0 Å². The number of rotatable bonds is 2. The molecule has 0 radical (unpaired) electrons. The van der Waals surface area contributed by atoms with Gasteiger partial charge in [0.2, 0.25) is 0 Å². The van der Waals surface area contributed by atoms with Crippen LogP contribution in [0, 0.1) is 6.92 Å². The fraction of sp³-hybridized carbons (Fsp3) is 0.111. The first-order valence-corrected chi connectivity index (χ1v) is 4.79. The summed E-state index contributed by atoms with van der Waals surface area (Å²) in [7, 11) is 0. The highest BCUT2D eigenvalue weighted by Gasteiger charge is 2.17. The van der Waals surface area contributed by atoms with Crippen molar-refractivity contribution in [3.8, 4) is 10.4 Å². The Balaban J connectivity index is 2.57. The van der Waals surface area contributed by atoms with Crippen molar-refractivity contribution in [3.05, 3.63) is 29.3 Å². The van der Waals surface area contributed by atoms with E-state index in [4.69, 9.17) is 9.52 Å². The number of hydrogen-bond donors (Lipinski definition) is 1. The Morgan fingerprint density at radius 3 is 3.00 bits per heavy atom. The molecule has 14 heavy (non-hydrogen) atoms. The minimum atomic E-state index is -1.01. The van der Waals surface area contributed by atoms with Crippen molar-refractivity contribution >= 4 is 17.3 Å². The molecule has 0 aliphatic heterocycles. The van der Waals surface area contributed by atoms with Gasteiger partial charge in [-0.2, -0.15) is 0 Å². The Morgan fingerprint density at radius 2 is 2.43 bits per heavy atom. The van der Waals surface area contributed by atoms with Crippen LogP contribution in [0.1, 0.15) is 16.2 Å². The molecule has 2 aromatic heterocycles. The number of carboxylic acids is 1. The Labute approximate surface area is 83.8 Å². The third kappa shape index (κ3) is 1.31. The van der Waals surface area contributed by atoms with E-state index < -0.39 is 5.97 Å². The van der Waals surface area contributed by atoms with Gasteiger partial charge in [-0.1, -0.05) is 0 Å². The second-order valence-electron chi connectivity index (χ2n) is 2.73. The van der Waals surface area contributed by atoms with Crippen molar-refractivity contribution in [1.29, 1.82) is 0 Å². The van der Waals surface area contributed by atoms with Crippen molar-refractivity contribution in [2.24, 2.45) is 0 Å². The van der Waals surface area contributed by atoms with E-state index in [0.29, 0.717) is 10.6 Å². The van der Waals surface area contributed by atoms with Gasteiger partial charge in [-0.3, -0.25) is 0 Å². The number of carboxylic acid groups (broad SMARTS) is 1. The minimum Gasteiger partial charge on any atom is -0.476 e. The molecular formula is C9H7NO3S. The normalized spacial score (nSPS) is 10.4. The van der Waals surface area contributed by atoms with Crippen LogP contribution in [-0.2, 0) is 0 Å². The summed E-state index contributed by atoms with van der Waals surface area (Å²) in [6.07, 6.45) is 1.54. The molecule has 0 aliphatic rings. The molecular weight excluding hydrogens is 202 g/mol. The van der Waals surface area contributed by atoms with Crippen molar-refractivity contribution < 1.29 is 14.3 Å². The van der Waals surface area contributed by atoms with Crippen LogP contribution < -0.4 is 0 Å². The summed E-state index contributed by atoms with van der Waals surface area (Å²) in [4.78, 5) is 15.2. The van der Waals surface area contributed by atoms with Gasteiger partial charge in [0.05, 0.1) is 16.7 Å². The molecule has 1 N–H and O–H groups in total. The maximum absolute atomic E-state index is 10.8. The van der Waals surface area contributed by atoms with E-state index in [1.807, 2.05) is 0 Å². The zero-order valence-electron chi connectivity index (χ0n) is 7.35. The summed E-state index contributed by atoms with van der Waals surface area (Å²) in [5.74, 6) is -0.307. The molecule has 2 heterocycles. The first-order chi connectivity index (χ1) is 6.70. The Bertz CT molecular complexity index is 472. The van der Waals surface area contributed by atoms with Gasteiger partial charge in [0.1, 0.15) is 5.76 Å². The number of aromatic nitrogens is 1. The van der Waals surface area contributed by atoms with Gasteiger partial charge in [-0.25, -0.2) is 9.78 Å². The number of furan rings is 1. The van der Waals surface area contributed by atoms with Crippen LogP contribution >= 0.6 is 11.3 Å². The fourth-order valence-electron chi connectivity index (χ4n) is 1.21. The molecule has 2 rings (SSSR count). The maximum atomic E-state index is 10.8. The molecule has 5 heteroatoms. The van der Waals surface area contributed by atoms with Gasteiger partial charge >= 0.3 is 5.97 Å². The summed E-state index contributed by atoms with van der Waals surface area (Å²) in [5.41, 5.74) is 2.40. The van der Waals surface area contributed by atoms with E-state index >= 15 is 0 Å². The van der Waals surface area contributed by atoms with Crippen LogP contribution in [0.2, 0.25) is 0 Å². The van der Waals surface area contributed by atoms with Gasteiger partial charge in [0, 0.05) is 5.56 Å². The largest absolute Gasteiger partial charge is 0.476 e. The first kappa shape index (κ1) is 8.96. The standard InChI is InChI=1S/C9H7NO3S/c1-5-6(2-3-13-5)8-7(9(11)12)10-4-14-8/h2-4H,1H3,(H,11,12). The molecule has 0 amide bonds. The lowest BCUT2D eigenvalue weighted by atomic mass is 10.2. The quantitative estimate of drug-likeness (QED) is 0.824. The molecule has 2 aromatic rings. The Morgan fingerprint density at radius 1 is 1.64 bits per heavy atom. The van der Waals surface area contributed by atoms with E-state index in [1.54, 1.807) is 13.0 Å².